The molecule has 2 rings (SSSR count). The van der Waals surface area contributed by atoms with Crippen molar-refractivity contribution in [3.05, 3.63) is 35.1 Å². The maximum atomic E-state index is 13.4. The second-order valence-corrected chi connectivity index (χ2v) is 5.43. The minimum Gasteiger partial charge on any atom is -0.481 e. The number of nitrogens with zero attached hydrogens (tertiary/aromatic N) is 1. The highest BCUT2D eigenvalue weighted by Crippen LogP contribution is 2.46. The van der Waals surface area contributed by atoms with E-state index in [0.717, 1.165) is 0 Å². The number of carboxylic acids is 1. The fourth-order valence-corrected chi connectivity index (χ4v) is 2.54. The van der Waals surface area contributed by atoms with E-state index in [4.69, 9.17) is 5.11 Å². The first-order chi connectivity index (χ1) is 9.65. The first kappa shape index (κ1) is 15.8. The Kier molecular flexibility index (Phi) is 3.97. The smallest absolute Gasteiger partial charge is 0.406 e. The Morgan fingerprint density at radius 3 is 2.57 bits per heavy atom. The van der Waals surface area contributed by atoms with Gasteiger partial charge in [0.1, 0.15) is 5.82 Å². The van der Waals surface area contributed by atoms with Gasteiger partial charge in [-0.25, -0.2) is 4.39 Å². The average molecular weight is 305 g/mol. The van der Waals surface area contributed by atoms with Gasteiger partial charge in [0.15, 0.2) is 5.41 Å². The highest BCUT2D eigenvalue weighted by molar-refractivity contribution is 5.76. The Labute approximate surface area is 119 Å². The minimum atomic E-state index is -4.80. The standard InChI is InChI=1S/C14H15F4NO2/c1-9-2-3-10(6-11(9)15)7-19-5-4-13(8-19,12(20)21)14(16,17)18/h2-3,6H,4-5,7-8H2,1H3,(H,20,21). The molecule has 1 heterocycles. The van der Waals surface area contributed by atoms with E-state index in [1.807, 2.05) is 0 Å². The lowest BCUT2D eigenvalue weighted by atomic mass is 9.86. The summed E-state index contributed by atoms with van der Waals surface area (Å²) in [6, 6.07) is 4.45. The number of hydrogen-bond donors (Lipinski definition) is 1. The van der Waals surface area contributed by atoms with Crippen molar-refractivity contribution in [3.63, 3.8) is 0 Å². The normalized spacial score (nSPS) is 23.5. The molecule has 1 unspecified atom stereocenters. The molecule has 1 saturated heterocycles. The zero-order valence-corrected chi connectivity index (χ0v) is 11.4. The Morgan fingerprint density at radius 2 is 2.10 bits per heavy atom. The lowest BCUT2D eigenvalue weighted by molar-refractivity contribution is -0.227. The molecule has 0 aliphatic carbocycles. The van der Waals surface area contributed by atoms with Crippen LogP contribution in [0.5, 0.6) is 0 Å². The van der Waals surface area contributed by atoms with Gasteiger partial charge in [-0.05, 0) is 30.5 Å². The van der Waals surface area contributed by atoms with Gasteiger partial charge in [-0.2, -0.15) is 13.2 Å². The van der Waals surface area contributed by atoms with Crippen LogP contribution in [0.3, 0.4) is 0 Å². The van der Waals surface area contributed by atoms with E-state index in [1.165, 1.54) is 11.0 Å². The van der Waals surface area contributed by atoms with E-state index in [9.17, 15) is 22.4 Å². The highest BCUT2D eigenvalue weighted by atomic mass is 19.4. The number of benzene rings is 1. The zero-order valence-electron chi connectivity index (χ0n) is 11.4. The molecule has 0 aromatic heterocycles. The fourth-order valence-electron chi connectivity index (χ4n) is 2.54. The number of hydrogen-bond acceptors (Lipinski definition) is 2. The van der Waals surface area contributed by atoms with Crippen molar-refractivity contribution in [2.24, 2.45) is 5.41 Å². The predicted octanol–water partition coefficient (Wildman–Crippen LogP) is 2.97. The van der Waals surface area contributed by atoms with Gasteiger partial charge in [0, 0.05) is 19.6 Å². The summed E-state index contributed by atoms with van der Waals surface area (Å²) in [7, 11) is 0. The minimum absolute atomic E-state index is 0.0152. The van der Waals surface area contributed by atoms with Crippen LogP contribution in [0.4, 0.5) is 17.6 Å². The summed E-state index contributed by atoms with van der Waals surface area (Å²) >= 11 is 0. The number of carbonyl (C=O) groups is 1. The number of rotatable bonds is 3. The Bertz CT molecular complexity index is 558. The van der Waals surface area contributed by atoms with Crippen molar-refractivity contribution in [3.8, 4) is 0 Å². The number of halogens is 4. The molecule has 1 atom stereocenters. The molecule has 0 radical (unpaired) electrons. The maximum Gasteiger partial charge on any atom is 0.406 e. The molecule has 1 aliphatic rings. The summed E-state index contributed by atoms with van der Waals surface area (Å²) in [5.74, 6) is -2.28. The Hall–Kier alpha value is -1.63. The van der Waals surface area contributed by atoms with Crippen molar-refractivity contribution >= 4 is 5.97 Å². The number of aryl methyl sites for hydroxylation is 1. The van der Waals surface area contributed by atoms with Crippen molar-refractivity contribution in [1.29, 1.82) is 0 Å². The maximum absolute atomic E-state index is 13.4. The monoisotopic (exact) mass is 305 g/mol. The Balaban J connectivity index is 2.14. The summed E-state index contributed by atoms with van der Waals surface area (Å²) < 4.78 is 52.5. The first-order valence-electron chi connectivity index (χ1n) is 6.43. The molecule has 1 aliphatic heterocycles. The third kappa shape index (κ3) is 2.88. The molecule has 116 valence electrons. The molecule has 1 aromatic carbocycles. The van der Waals surface area contributed by atoms with Crippen LogP contribution in [0.2, 0.25) is 0 Å². The van der Waals surface area contributed by atoms with Crippen LogP contribution < -0.4 is 0 Å². The van der Waals surface area contributed by atoms with E-state index in [1.54, 1.807) is 19.1 Å². The molecular formula is C14H15F4NO2. The highest BCUT2D eigenvalue weighted by Gasteiger charge is 2.63. The largest absolute Gasteiger partial charge is 0.481 e. The molecular weight excluding hydrogens is 290 g/mol. The second-order valence-electron chi connectivity index (χ2n) is 5.43. The van der Waals surface area contributed by atoms with Crippen molar-refractivity contribution in [2.45, 2.75) is 26.1 Å². The zero-order chi connectivity index (χ0) is 15.8. The third-order valence-electron chi connectivity index (χ3n) is 3.94. The summed E-state index contributed by atoms with van der Waals surface area (Å²) in [5, 5.41) is 8.96. The second kappa shape index (κ2) is 5.29. The lowest BCUT2D eigenvalue weighted by Gasteiger charge is -2.27. The topological polar surface area (TPSA) is 40.5 Å². The number of alkyl halides is 3. The van der Waals surface area contributed by atoms with Gasteiger partial charge in [-0.1, -0.05) is 12.1 Å². The van der Waals surface area contributed by atoms with Gasteiger partial charge in [0.05, 0.1) is 0 Å². The van der Waals surface area contributed by atoms with E-state index in [-0.39, 0.29) is 13.1 Å². The van der Waals surface area contributed by atoms with Crippen LogP contribution in [0.15, 0.2) is 18.2 Å². The van der Waals surface area contributed by atoms with Gasteiger partial charge in [-0.3, -0.25) is 9.69 Å². The average Bonchev–Trinajstić information content (AvgIpc) is 2.79. The van der Waals surface area contributed by atoms with Gasteiger partial charge >= 0.3 is 12.1 Å². The van der Waals surface area contributed by atoms with Crippen molar-refractivity contribution in [2.75, 3.05) is 13.1 Å². The summed E-state index contributed by atoms with van der Waals surface area (Å²) in [4.78, 5) is 12.5. The summed E-state index contributed by atoms with van der Waals surface area (Å²) in [6.07, 6.45) is -5.29. The van der Waals surface area contributed by atoms with Crippen LogP contribution in [0.1, 0.15) is 17.5 Å². The summed E-state index contributed by atoms with van der Waals surface area (Å²) in [5.41, 5.74) is -1.74. The van der Waals surface area contributed by atoms with Gasteiger partial charge in [-0.15, -0.1) is 0 Å². The van der Waals surface area contributed by atoms with Gasteiger partial charge < -0.3 is 5.11 Å². The van der Waals surface area contributed by atoms with Gasteiger partial charge in [0.25, 0.3) is 0 Å². The van der Waals surface area contributed by atoms with Crippen molar-refractivity contribution < 1.29 is 27.5 Å². The van der Waals surface area contributed by atoms with Crippen molar-refractivity contribution in [1.82, 2.24) is 4.90 Å². The molecule has 1 fully saturated rings. The molecule has 0 amide bonds. The fraction of sp³-hybridized carbons (Fsp3) is 0.500. The predicted molar refractivity (Wildman–Crippen MR) is 67.2 cm³/mol. The third-order valence-corrected chi connectivity index (χ3v) is 3.94. The van der Waals surface area contributed by atoms with Crippen LogP contribution in [0, 0.1) is 18.2 Å². The van der Waals surface area contributed by atoms with Crippen LogP contribution in [-0.2, 0) is 11.3 Å². The molecule has 1 aromatic rings. The quantitative estimate of drug-likeness (QED) is 0.873. The van der Waals surface area contributed by atoms with Gasteiger partial charge in [0.2, 0.25) is 0 Å². The molecule has 21 heavy (non-hydrogen) atoms. The lowest BCUT2D eigenvalue weighted by Crippen LogP contribution is -2.47. The molecule has 1 N–H and O–H groups in total. The number of aliphatic carboxylic acids is 1. The van der Waals surface area contributed by atoms with E-state index in [0.29, 0.717) is 11.1 Å². The van der Waals surface area contributed by atoms with Crippen LogP contribution in [-0.4, -0.2) is 35.2 Å². The van der Waals surface area contributed by atoms with Crippen LogP contribution in [0.25, 0.3) is 0 Å². The van der Waals surface area contributed by atoms with Crippen LogP contribution >= 0.6 is 0 Å². The van der Waals surface area contributed by atoms with E-state index < -0.39 is 36.3 Å². The molecule has 0 spiro atoms. The Morgan fingerprint density at radius 1 is 1.43 bits per heavy atom. The van der Waals surface area contributed by atoms with E-state index >= 15 is 0 Å². The molecule has 0 saturated carbocycles. The number of carboxylic acid groups (broad SMARTS) is 1. The molecule has 3 nitrogen and oxygen atoms in total. The SMILES string of the molecule is Cc1ccc(CN2CCC(C(=O)O)(C(F)(F)F)C2)cc1F. The molecule has 7 heteroatoms. The number of likely N-dealkylation sites (tertiary alicyclic amines) is 1. The first-order valence-corrected chi connectivity index (χ1v) is 6.43. The van der Waals surface area contributed by atoms with E-state index in [2.05, 4.69) is 0 Å². The summed E-state index contributed by atoms with van der Waals surface area (Å²) in [6.45, 7) is 1.10. The molecule has 0 bridgehead atoms.